The number of ether oxygens (including phenoxy) is 2. The van der Waals surface area contributed by atoms with Gasteiger partial charge >= 0.3 is 12.3 Å². The lowest BCUT2D eigenvalue weighted by Gasteiger charge is -2.19. The number of hydrogen-bond donors (Lipinski definition) is 0. The first kappa shape index (κ1) is 22.7. The number of halogens is 6. The predicted octanol–water partition coefficient (Wildman–Crippen LogP) is 4.42. The van der Waals surface area contributed by atoms with Crippen molar-refractivity contribution < 1.29 is 35.8 Å². The van der Waals surface area contributed by atoms with Crippen molar-refractivity contribution in [3.05, 3.63) is 36.0 Å². The molecule has 3 aromatic heterocycles. The first-order valence-electron chi connectivity index (χ1n) is 9.01. The Morgan fingerprint density at radius 2 is 1.77 bits per heavy atom. The first-order chi connectivity index (χ1) is 14.4. The Morgan fingerprint density at radius 3 is 2.39 bits per heavy atom. The number of pyridine rings is 1. The number of rotatable bonds is 7. The average molecular weight is 449 g/mol. The SMILES string of the molecule is CC(C)C(F)(F)OCc1nnc2ccc(-c3cnc(O[C@H](C)C(F)(F)F)c(F)c3)nn12. The normalized spacial score (nSPS) is 13.7. The smallest absolute Gasteiger partial charge is 0.425 e. The van der Waals surface area contributed by atoms with Crippen molar-refractivity contribution in [1.29, 1.82) is 0 Å². The number of hydrogen-bond acceptors (Lipinski definition) is 6. The van der Waals surface area contributed by atoms with Crippen LogP contribution in [0, 0.1) is 11.7 Å². The summed E-state index contributed by atoms with van der Waals surface area (Å²) in [6.45, 7) is 2.73. The van der Waals surface area contributed by atoms with Crippen molar-refractivity contribution in [2.24, 2.45) is 5.92 Å². The standard InChI is InChI=1S/C18H17F6N5O2/c1-9(2)18(23,24)30-8-15-27-26-14-5-4-13(28-29(14)15)11-6-12(19)16(25-7-11)31-10(3)17(20,21)22/h4-7,9-10H,8H2,1-3H3/t10-/m1/s1. The minimum atomic E-state index is -4.68. The van der Waals surface area contributed by atoms with Crippen molar-refractivity contribution in [3.63, 3.8) is 0 Å². The summed E-state index contributed by atoms with van der Waals surface area (Å²) in [6.07, 6.45) is -9.25. The van der Waals surface area contributed by atoms with Crippen molar-refractivity contribution in [3.8, 4) is 17.1 Å². The van der Waals surface area contributed by atoms with Crippen LogP contribution in [0.1, 0.15) is 26.6 Å². The predicted molar refractivity (Wildman–Crippen MR) is 94.7 cm³/mol. The third-order valence-corrected chi connectivity index (χ3v) is 4.25. The molecule has 0 bridgehead atoms. The van der Waals surface area contributed by atoms with E-state index in [1.165, 1.54) is 26.0 Å². The molecule has 0 radical (unpaired) electrons. The highest BCUT2D eigenvalue weighted by Gasteiger charge is 2.39. The molecule has 0 saturated heterocycles. The van der Waals surface area contributed by atoms with Gasteiger partial charge in [-0.15, -0.1) is 10.2 Å². The van der Waals surface area contributed by atoms with E-state index < -0.39 is 42.6 Å². The van der Waals surface area contributed by atoms with Crippen molar-refractivity contribution >= 4 is 5.65 Å². The Labute approximate surface area is 172 Å². The van der Waals surface area contributed by atoms with Gasteiger partial charge < -0.3 is 9.47 Å². The van der Waals surface area contributed by atoms with Gasteiger partial charge in [0.05, 0.1) is 5.69 Å². The third-order valence-electron chi connectivity index (χ3n) is 4.25. The van der Waals surface area contributed by atoms with Gasteiger partial charge in [0.2, 0.25) is 0 Å². The minimum absolute atomic E-state index is 0.0236. The number of nitrogens with zero attached hydrogens (tertiary/aromatic N) is 5. The Hall–Kier alpha value is -2.96. The molecule has 0 aliphatic rings. The molecule has 0 amide bonds. The summed E-state index contributed by atoms with van der Waals surface area (Å²) >= 11 is 0. The second-order valence-electron chi connectivity index (χ2n) is 6.92. The van der Waals surface area contributed by atoms with Crippen LogP contribution in [0.5, 0.6) is 5.88 Å². The molecule has 0 fully saturated rings. The van der Waals surface area contributed by atoms with Crippen LogP contribution in [0.15, 0.2) is 24.4 Å². The molecular weight excluding hydrogens is 432 g/mol. The maximum atomic E-state index is 14.2. The van der Waals surface area contributed by atoms with E-state index in [0.29, 0.717) is 0 Å². The van der Waals surface area contributed by atoms with Crippen LogP contribution >= 0.6 is 0 Å². The summed E-state index contributed by atoms with van der Waals surface area (Å²) in [5.41, 5.74) is 0.480. The van der Waals surface area contributed by atoms with E-state index >= 15 is 0 Å². The lowest BCUT2D eigenvalue weighted by molar-refractivity contribution is -0.272. The average Bonchev–Trinajstić information content (AvgIpc) is 3.09. The van der Waals surface area contributed by atoms with E-state index in [2.05, 4.69) is 29.8 Å². The van der Waals surface area contributed by atoms with Gasteiger partial charge in [0, 0.05) is 17.7 Å². The van der Waals surface area contributed by atoms with E-state index in [4.69, 9.17) is 0 Å². The Kier molecular flexibility index (Phi) is 6.07. The molecule has 0 saturated carbocycles. The molecule has 0 N–H and O–H groups in total. The van der Waals surface area contributed by atoms with E-state index in [1.54, 1.807) is 0 Å². The summed E-state index contributed by atoms with van der Waals surface area (Å²) < 4.78 is 89.7. The van der Waals surface area contributed by atoms with E-state index in [1.807, 2.05) is 0 Å². The van der Waals surface area contributed by atoms with Crippen LogP contribution < -0.4 is 4.74 Å². The van der Waals surface area contributed by atoms with Gasteiger partial charge in [0.15, 0.2) is 23.4 Å². The quantitative estimate of drug-likeness (QED) is 0.497. The molecule has 0 unspecified atom stereocenters. The highest BCUT2D eigenvalue weighted by atomic mass is 19.4. The monoisotopic (exact) mass is 449 g/mol. The van der Waals surface area contributed by atoms with Crippen LogP contribution in [0.3, 0.4) is 0 Å². The summed E-state index contributed by atoms with van der Waals surface area (Å²) in [5.74, 6) is -3.03. The molecule has 0 aromatic carbocycles. The second kappa shape index (κ2) is 8.29. The fourth-order valence-electron chi connectivity index (χ4n) is 2.29. The Bertz CT molecular complexity index is 1070. The lowest BCUT2D eigenvalue weighted by atomic mass is 10.2. The number of fused-ring (bicyclic) bond motifs is 1. The van der Waals surface area contributed by atoms with Gasteiger partial charge in [-0.2, -0.15) is 31.6 Å². The summed E-state index contributed by atoms with van der Waals surface area (Å²) in [7, 11) is 0. The summed E-state index contributed by atoms with van der Waals surface area (Å²) in [4.78, 5) is 3.58. The second-order valence-corrected chi connectivity index (χ2v) is 6.92. The van der Waals surface area contributed by atoms with E-state index in [0.717, 1.165) is 23.7 Å². The van der Waals surface area contributed by atoms with E-state index in [-0.39, 0.29) is 22.7 Å². The Morgan fingerprint density at radius 1 is 1.06 bits per heavy atom. The zero-order valence-corrected chi connectivity index (χ0v) is 16.5. The fourth-order valence-corrected chi connectivity index (χ4v) is 2.29. The summed E-state index contributed by atoms with van der Waals surface area (Å²) in [6, 6.07) is 3.78. The van der Waals surface area contributed by atoms with Crippen LogP contribution in [0.2, 0.25) is 0 Å². The van der Waals surface area contributed by atoms with Crippen LogP contribution in [-0.4, -0.2) is 43.2 Å². The topological polar surface area (TPSA) is 74.4 Å². The molecule has 31 heavy (non-hydrogen) atoms. The molecule has 3 aromatic rings. The van der Waals surface area contributed by atoms with Crippen LogP contribution in [0.25, 0.3) is 16.9 Å². The summed E-state index contributed by atoms with van der Waals surface area (Å²) in [5, 5.41) is 11.7. The van der Waals surface area contributed by atoms with E-state index in [9.17, 15) is 26.3 Å². The van der Waals surface area contributed by atoms with Gasteiger partial charge in [-0.1, -0.05) is 13.8 Å². The third kappa shape index (κ3) is 5.03. The fraction of sp³-hybridized carbons (Fsp3) is 0.444. The molecule has 13 heteroatoms. The molecule has 0 spiro atoms. The van der Waals surface area contributed by atoms with Gasteiger partial charge in [0.25, 0.3) is 5.88 Å². The molecule has 7 nitrogen and oxygen atoms in total. The molecule has 3 heterocycles. The molecule has 3 rings (SSSR count). The maximum Gasteiger partial charge on any atom is 0.425 e. The zero-order chi connectivity index (χ0) is 23.0. The van der Waals surface area contributed by atoms with Gasteiger partial charge in [0.1, 0.15) is 6.61 Å². The Balaban J connectivity index is 1.85. The highest BCUT2D eigenvalue weighted by Crippen LogP contribution is 2.28. The van der Waals surface area contributed by atoms with Gasteiger partial charge in [-0.05, 0) is 25.1 Å². The minimum Gasteiger partial charge on any atom is -0.463 e. The maximum absolute atomic E-state index is 14.2. The van der Waals surface area contributed by atoms with Crippen molar-refractivity contribution in [1.82, 2.24) is 24.8 Å². The van der Waals surface area contributed by atoms with Crippen molar-refractivity contribution in [2.45, 2.75) is 45.8 Å². The number of aromatic nitrogens is 5. The van der Waals surface area contributed by atoms with Crippen LogP contribution in [0.4, 0.5) is 26.3 Å². The molecular formula is C18H17F6N5O2. The molecule has 1 atom stereocenters. The first-order valence-corrected chi connectivity index (χ1v) is 9.01. The largest absolute Gasteiger partial charge is 0.463 e. The number of alkyl halides is 5. The molecule has 0 aliphatic carbocycles. The molecule has 168 valence electrons. The van der Waals surface area contributed by atoms with Crippen molar-refractivity contribution in [2.75, 3.05) is 0 Å². The van der Waals surface area contributed by atoms with Gasteiger partial charge in [-0.25, -0.2) is 9.37 Å². The zero-order valence-electron chi connectivity index (χ0n) is 16.5. The van der Waals surface area contributed by atoms with Crippen LogP contribution in [-0.2, 0) is 11.3 Å². The molecule has 0 aliphatic heterocycles. The van der Waals surface area contributed by atoms with Gasteiger partial charge in [-0.3, -0.25) is 0 Å². The lowest BCUT2D eigenvalue weighted by Crippen LogP contribution is -2.31. The highest BCUT2D eigenvalue weighted by molar-refractivity contribution is 5.59.